The van der Waals surface area contributed by atoms with Gasteiger partial charge in [0.2, 0.25) is 0 Å². The monoisotopic (exact) mass is 309 g/mol. The Bertz CT molecular complexity index is 691. The average Bonchev–Trinajstić information content (AvgIpc) is 2.52. The molecule has 0 aromatic heterocycles. The van der Waals surface area contributed by atoms with Gasteiger partial charge in [0.15, 0.2) is 0 Å². The van der Waals surface area contributed by atoms with Gasteiger partial charge in [-0.3, -0.25) is 0 Å². The van der Waals surface area contributed by atoms with Gasteiger partial charge in [0, 0.05) is 0 Å². The smallest absolute Gasteiger partial charge is 0.126 e. The molecule has 0 saturated heterocycles. The largest absolute Gasteiger partial charge is 0.490 e. The second-order valence-electron chi connectivity index (χ2n) is 6.53. The molecule has 23 heavy (non-hydrogen) atoms. The van der Waals surface area contributed by atoms with Crippen molar-refractivity contribution in [3.63, 3.8) is 0 Å². The summed E-state index contributed by atoms with van der Waals surface area (Å²) in [5.41, 5.74) is 3.00. The lowest BCUT2D eigenvalue weighted by atomic mass is 9.85. The second kappa shape index (κ2) is 7.19. The van der Waals surface area contributed by atoms with E-state index in [9.17, 15) is 0 Å². The van der Waals surface area contributed by atoms with E-state index in [4.69, 9.17) is 14.7 Å². The molecule has 0 saturated carbocycles. The number of benzene rings is 2. The molecule has 3 heteroatoms. The summed E-state index contributed by atoms with van der Waals surface area (Å²) >= 11 is 0. The lowest BCUT2D eigenvalue weighted by Gasteiger charge is -2.24. The fourth-order valence-corrected chi connectivity index (χ4v) is 2.36. The lowest BCUT2D eigenvalue weighted by Crippen LogP contribution is -2.16. The average molecular weight is 309 g/mol. The summed E-state index contributed by atoms with van der Waals surface area (Å²) in [6.45, 7) is 9.55. The van der Waals surface area contributed by atoms with Crippen molar-refractivity contribution >= 4 is 0 Å². The molecule has 0 radical (unpaired) electrons. The van der Waals surface area contributed by atoms with Crippen molar-refractivity contribution in [3.8, 4) is 17.6 Å². The van der Waals surface area contributed by atoms with Gasteiger partial charge < -0.3 is 9.47 Å². The van der Waals surface area contributed by atoms with E-state index in [-0.39, 0.29) is 5.41 Å². The van der Waals surface area contributed by atoms with Crippen LogP contribution in [0.4, 0.5) is 0 Å². The summed E-state index contributed by atoms with van der Waals surface area (Å²) in [4.78, 5) is 0. The quantitative estimate of drug-likeness (QED) is 0.757. The minimum absolute atomic E-state index is 0.0370. The van der Waals surface area contributed by atoms with E-state index in [1.807, 2.05) is 0 Å². The molecule has 0 heterocycles. The second-order valence-corrected chi connectivity index (χ2v) is 6.53. The molecule has 0 spiro atoms. The van der Waals surface area contributed by atoms with Crippen LogP contribution in [0.2, 0.25) is 0 Å². The Morgan fingerprint density at radius 3 is 2.22 bits per heavy atom. The minimum atomic E-state index is 0.0370. The summed E-state index contributed by atoms with van der Waals surface area (Å²) in [7, 11) is 0. The van der Waals surface area contributed by atoms with Gasteiger partial charge in [-0.2, -0.15) is 5.26 Å². The van der Waals surface area contributed by atoms with Gasteiger partial charge in [-0.25, -0.2) is 0 Å². The van der Waals surface area contributed by atoms with E-state index in [0.29, 0.717) is 18.8 Å². The van der Waals surface area contributed by atoms with E-state index in [1.165, 1.54) is 5.56 Å². The predicted octanol–water partition coefficient (Wildman–Crippen LogP) is 4.62. The first-order valence-electron chi connectivity index (χ1n) is 7.77. The summed E-state index contributed by atoms with van der Waals surface area (Å²) in [5, 5.41) is 8.78. The maximum Gasteiger partial charge on any atom is 0.126 e. The van der Waals surface area contributed by atoms with Crippen LogP contribution in [0.15, 0.2) is 42.5 Å². The Morgan fingerprint density at radius 1 is 0.957 bits per heavy atom. The third kappa shape index (κ3) is 4.50. The third-order valence-electron chi connectivity index (χ3n) is 3.60. The Balaban J connectivity index is 1.95. The minimum Gasteiger partial charge on any atom is -0.490 e. The van der Waals surface area contributed by atoms with Gasteiger partial charge in [-0.1, -0.05) is 39.0 Å². The molecule has 3 nitrogen and oxygen atoms in total. The first-order chi connectivity index (χ1) is 10.9. The van der Waals surface area contributed by atoms with Crippen LogP contribution in [0.3, 0.4) is 0 Å². The molecule has 0 unspecified atom stereocenters. The van der Waals surface area contributed by atoms with E-state index < -0.39 is 0 Å². The highest BCUT2D eigenvalue weighted by Crippen LogP contribution is 2.33. The van der Waals surface area contributed by atoms with Crippen LogP contribution in [0, 0.1) is 18.3 Å². The van der Waals surface area contributed by atoms with Crippen molar-refractivity contribution in [3.05, 3.63) is 59.2 Å². The van der Waals surface area contributed by atoms with Crippen LogP contribution in [-0.4, -0.2) is 13.2 Å². The van der Waals surface area contributed by atoms with Crippen LogP contribution in [-0.2, 0) is 5.41 Å². The number of aryl methyl sites for hydroxylation is 1. The summed E-state index contributed by atoms with van der Waals surface area (Å²) in [5.74, 6) is 1.69. The topological polar surface area (TPSA) is 42.2 Å². The fourth-order valence-electron chi connectivity index (χ4n) is 2.36. The van der Waals surface area contributed by atoms with Gasteiger partial charge in [0.25, 0.3) is 0 Å². The molecule has 0 aliphatic rings. The zero-order valence-corrected chi connectivity index (χ0v) is 14.2. The molecule has 2 aromatic carbocycles. The molecule has 120 valence electrons. The maximum absolute atomic E-state index is 8.78. The van der Waals surface area contributed by atoms with Gasteiger partial charge >= 0.3 is 0 Å². The molecule has 0 aliphatic heterocycles. The Labute approximate surface area is 138 Å². The number of ether oxygens (including phenoxy) is 2. The number of para-hydroxylation sites is 1. The van der Waals surface area contributed by atoms with Gasteiger partial charge in [0.05, 0.1) is 11.6 Å². The van der Waals surface area contributed by atoms with E-state index in [2.05, 4.69) is 52.0 Å². The predicted molar refractivity (Wildman–Crippen MR) is 92.0 cm³/mol. The Kier molecular flexibility index (Phi) is 5.28. The maximum atomic E-state index is 8.78. The Hall–Kier alpha value is -2.47. The molecule has 2 rings (SSSR count). The summed E-state index contributed by atoms with van der Waals surface area (Å²) < 4.78 is 11.6. The zero-order valence-electron chi connectivity index (χ0n) is 14.2. The summed E-state index contributed by atoms with van der Waals surface area (Å²) in [6.07, 6.45) is 0. The van der Waals surface area contributed by atoms with Crippen LogP contribution in [0.25, 0.3) is 0 Å². The highest BCUT2D eigenvalue weighted by atomic mass is 16.5. The molecule has 0 aliphatic carbocycles. The highest BCUT2D eigenvalue weighted by molar-refractivity contribution is 5.44. The summed E-state index contributed by atoms with van der Waals surface area (Å²) in [6, 6.07) is 15.4. The van der Waals surface area contributed by atoms with Gasteiger partial charge in [-0.15, -0.1) is 0 Å². The van der Waals surface area contributed by atoms with E-state index >= 15 is 0 Å². The van der Waals surface area contributed by atoms with Crippen LogP contribution in [0.5, 0.6) is 11.5 Å². The SMILES string of the molecule is Cc1cccc(C(C)(C)C)c1OCCOc1ccc(C#N)cc1. The highest BCUT2D eigenvalue weighted by Gasteiger charge is 2.20. The number of rotatable bonds is 5. The number of hydrogen-bond donors (Lipinski definition) is 0. The fraction of sp³-hybridized carbons (Fsp3) is 0.350. The standard InChI is InChI=1S/C20H23NO2/c1-15-6-5-7-18(20(2,3)4)19(15)23-13-12-22-17-10-8-16(14-21)9-11-17/h5-11H,12-13H2,1-4H3. The number of hydrogen-bond acceptors (Lipinski definition) is 3. The van der Waals surface area contributed by atoms with Crippen LogP contribution >= 0.6 is 0 Å². The first kappa shape index (κ1) is 16.9. The molecule has 0 bridgehead atoms. The third-order valence-corrected chi connectivity index (χ3v) is 3.60. The lowest BCUT2D eigenvalue weighted by molar-refractivity contribution is 0.213. The molecule has 0 amide bonds. The van der Waals surface area contributed by atoms with Crippen molar-refractivity contribution in [2.75, 3.05) is 13.2 Å². The van der Waals surface area contributed by atoms with Crippen molar-refractivity contribution in [1.82, 2.24) is 0 Å². The van der Waals surface area contributed by atoms with Gasteiger partial charge in [0.1, 0.15) is 24.7 Å². The van der Waals surface area contributed by atoms with E-state index in [1.54, 1.807) is 24.3 Å². The molecule has 0 N–H and O–H groups in total. The number of nitriles is 1. The van der Waals surface area contributed by atoms with Crippen molar-refractivity contribution in [1.29, 1.82) is 5.26 Å². The molecule has 0 fully saturated rings. The van der Waals surface area contributed by atoms with Gasteiger partial charge in [-0.05, 0) is 47.7 Å². The Morgan fingerprint density at radius 2 is 1.61 bits per heavy atom. The normalized spacial score (nSPS) is 10.9. The van der Waals surface area contributed by atoms with Crippen LogP contribution in [0.1, 0.15) is 37.5 Å². The van der Waals surface area contributed by atoms with Crippen molar-refractivity contribution in [2.45, 2.75) is 33.1 Å². The molecule has 2 aromatic rings. The number of nitrogens with zero attached hydrogens (tertiary/aromatic N) is 1. The molecule has 0 atom stereocenters. The van der Waals surface area contributed by atoms with E-state index in [0.717, 1.165) is 17.1 Å². The molecular weight excluding hydrogens is 286 g/mol. The zero-order chi connectivity index (χ0) is 16.9. The van der Waals surface area contributed by atoms with Crippen molar-refractivity contribution < 1.29 is 9.47 Å². The van der Waals surface area contributed by atoms with Crippen molar-refractivity contribution in [2.24, 2.45) is 0 Å². The van der Waals surface area contributed by atoms with Crippen LogP contribution < -0.4 is 9.47 Å². The first-order valence-corrected chi connectivity index (χ1v) is 7.77. The molecular formula is C20H23NO2.